The Morgan fingerprint density at radius 1 is 1.09 bits per heavy atom. The largest absolute Gasteiger partial charge is 0.346 e. The van der Waals surface area contributed by atoms with Gasteiger partial charge in [-0.15, -0.1) is 5.10 Å². The van der Waals surface area contributed by atoms with Crippen molar-refractivity contribution in [3.63, 3.8) is 0 Å². The van der Waals surface area contributed by atoms with Crippen LogP contribution < -0.4 is 5.32 Å². The number of carbonyl (C=O) groups excluding carboxylic acids is 1. The average molecular weight is 314 g/mol. The van der Waals surface area contributed by atoms with Crippen LogP contribution in [0.3, 0.4) is 0 Å². The summed E-state index contributed by atoms with van der Waals surface area (Å²) < 4.78 is 27.6. The lowest BCUT2D eigenvalue weighted by atomic mass is 10.2. The number of nitrogens with one attached hydrogen (secondary N) is 1. The van der Waals surface area contributed by atoms with Gasteiger partial charge in [-0.2, -0.15) is 0 Å². The minimum absolute atomic E-state index is 0.0441. The lowest BCUT2D eigenvalue weighted by molar-refractivity contribution is 0.0949. The van der Waals surface area contributed by atoms with E-state index in [1.807, 2.05) is 30.3 Å². The first-order valence-electron chi connectivity index (χ1n) is 6.83. The predicted molar refractivity (Wildman–Crippen MR) is 78.9 cm³/mol. The lowest BCUT2D eigenvalue weighted by Gasteiger charge is -2.08. The van der Waals surface area contributed by atoms with Crippen LogP contribution in [0.25, 0.3) is 5.69 Å². The second-order valence-electron chi connectivity index (χ2n) is 4.78. The molecule has 0 aliphatic carbocycles. The smallest absolute Gasteiger partial charge is 0.251 e. The number of nitrogens with zero attached hydrogens (tertiary/aromatic N) is 3. The van der Waals surface area contributed by atoms with Crippen molar-refractivity contribution in [1.29, 1.82) is 0 Å². The molecule has 0 aliphatic heterocycles. The quantitative estimate of drug-likeness (QED) is 0.805. The number of aromatic nitrogens is 3. The van der Waals surface area contributed by atoms with Crippen molar-refractivity contribution in [2.75, 3.05) is 0 Å². The molecule has 0 bridgehead atoms. The molecule has 0 saturated heterocycles. The Hall–Kier alpha value is -3.09. The number of amides is 1. The molecule has 0 saturated carbocycles. The highest BCUT2D eigenvalue weighted by molar-refractivity contribution is 5.94. The van der Waals surface area contributed by atoms with E-state index in [1.165, 1.54) is 12.3 Å². The summed E-state index contributed by atoms with van der Waals surface area (Å²) in [4.78, 5) is 12.0. The molecule has 116 valence electrons. The van der Waals surface area contributed by atoms with Crippen molar-refractivity contribution in [1.82, 2.24) is 20.3 Å². The minimum atomic E-state index is -1.06. The van der Waals surface area contributed by atoms with E-state index in [2.05, 4.69) is 15.6 Å². The SMILES string of the molecule is O=C(NCc1cnnn1-c1ccccc1)c1ccc(F)c(F)c1. The van der Waals surface area contributed by atoms with Crippen molar-refractivity contribution >= 4 is 5.91 Å². The Bertz CT molecular complexity index is 833. The third-order valence-electron chi connectivity index (χ3n) is 3.23. The predicted octanol–water partition coefficient (Wildman–Crippen LogP) is 2.48. The summed E-state index contributed by atoms with van der Waals surface area (Å²) in [6.07, 6.45) is 1.53. The maximum absolute atomic E-state index is 13.2. The van der Waals surface area contributed by atoms with Gasteiger partial charge in [0, 0.05) is 5.56 Å². The molecule has 5 nitrogen and oxygen atoms in total. The van der Waals surface area contributed by atoms with Crippen molar-refractivity contribution < 1.29 is 13.6 Å². The van der Waals surface area contributed by atoms with Gasteiger partial charge in [0.1, 0.15) is 0 Å². The van der Waals surface area contributed by atoms with E-state index in [-0.39, 0.29) is 12.1 Å². The lowest BCUT2D eigenvalue weighted by Crippen LogP contribution is -2.24. The Labute approximate surface area is 130 Å². The minimum Gasteiger partial charge on any atom is -0.346 e. The summed E-state index contributed by atoms with van der Waals surface area (Å²) in [6, 6.07) is 12.3. The maximum Gasteiger partial charge on any atom is 0.251 e. The number of benzene rings is 2. The van der Waals surface area contributed by atoms with Crippen molar-refractivity contribution in [2.24, 2.45) is 0 Å². The first-order valence-corrected chi connectivity index (χ1v) is 6.83. The standard InChI is InChI=1S/C16H12F2N4O/c17-14-7-6-11(8-15(14)18)16(23)19-9-13-10-20-21-22(13)12-4-2-1-3-5-12/h1-8,10H,9H2,(H,19,23). The van der Waals surface area contributed by atoms with Crippen LogP contribution in [0.5, 0.6) is 0 Å². The second kappa shape index (κ2) is 6.35. The van der Waals surface area contributed by atoms with E-state index in [1.54, 1.807) is 4.68 Å². The van der Waals surface area contributed by atoms with Gasteiger partial charge in [-0.05, 0) is 30.3 Å². The third-order valence-corrected chi connectivity index (χ3v) is 3.23. The first-order chi connectivity index (χ1) is 11.1. The van der Waals surface area contributed by atoms with Gasteiger partial charge in [0.05, 0.1) is 24.1 Å². The number of hydrogen-bond donors (Lipinski definition) is 1. The molecule has 3 aromatic rings. The fourth-order valence-corrected chi connectivity index (χ4v) is 2.07. The van der Waals surface area contributed by atoms with E-state index in [4.69, 9.17) is 0 Å². The first kappa shape index (κ1) is 14.8. The molecule has 1 N–H and O–H groups in total. The molecule has 1 aromatic heterocycles. The molecule has 0 fully saturated rings. The molecule has 1 heterocycles. The fraction of sp³-hybridized carbons (Fsp3) is 0.0625. The van der Waals surface area contributed by atoms with Crippen molar-refractivity contribution in [3.05, 3.63) is 77.6 Å². The highest BCUT2D eigenvalue weighted by Gasteiger charge is 2.11. The van der Waals surface area contributed by atoms with Crippen LogP contribution in [-0.4, -0.2) is 20.9 Å². The highest BCUT2D eigenvalue weighted by atomic mass is 19.2. The number of halogens is 2. The third kappa shape index (κ3) is 3.23. The van der Waals surface area contributed by atoms with Crippen LogP contribution in [0.15, 0.2) is 54.7 Å². The van der Waals surface area contributed by atoms with Crippen LogP contribution in [0.2, 0.25) is 0 Å². The Morgan fingerprint density at radius 3 is 2.61 bits per heavy atom. The van der Waals surface area contributed by atoms with Crippen molar-refractivity contribution in [2.45, 2.75) is 6.54 Å². The summed E-state index contributed by atoms with van der Waals surface area (Å²) in [5.74, 6) is -2.56. The van der Waals surface area contributed by atoms with Crippen LogP contribution in [0.4, 0.5) is 8.78 Å². The molecular formula is C16H12F2N4O. The van der Waals surface area contributed by atoms with Gasteiger partial charge < -0.3 is 5.32 Å². The number of rotatable bonds is 4. The zero-order valence-electron chi connectivity index (χ0n) is 11.9. The Balaban J connectivity index is 1.73. The van der Waals surface area contributed by atoms with Crippen molar-refractivity contribution in [3.8, 4) is 5.69 Å². The topological polar surface area (TPSA) is 59.8 Å². The molecule has 3 rings (SSSR count). The molecule has 0 atom stereocenters. The molecule has 23 heavy (non-hydrogen) atoms. The van der Waals surface area contributed by atoms with Gasteiger partial charge in [-0.1, -0.05) is 23.4 Å². The molecule has 0 radical (unpaired) electrons. The average Bonchev–Trinajstić information content (AvgIpc) is 3.04. The zero-order valence-corrected chi connectivity index (χ0v) is 11.9. The number of para-hydroxylation sites is 1. The highest BCUT2D eigenvalue weighted by Crippen LogP contribution is 2.10. The van der Waals surface area contributed by atoms with E-state index < -0.39 is 17.5 Å². The fourth-order valence-electron chi connectivity index (χ4n) is 2.07. The summed E-state index contributed by atoms with van der Waals surface area (Å²) in [5.41, 5.74) is 1.51. The van der Waals surface area contributed by atoms with Crippen LogP contribution >= 0.6 is 0 Å². The second-order valence-corrected chi connectivity index (χ2v) is 4.78. The van der Waals surface area contributed by atoms with Crippen LogP contribution in [0.1, 0.15) is 16.1 Å². The monoisotopic (exact) mass is 314 g/mol. The van der Waals surface area contributed by atoms with Gasteiger partial charge in [0.25, 0.3) is 5.91 Å². The van der Waals surface area contributed by atoms with Gasteiger partial charge in [0.15, 0.2) is 11.6 Å². The molecular weight excluding hydrogens is 302 g/mol. The van der Waals surface area contributed by atoms with E-state index in [0.29, 0.717) is 5.69 Å². The number of carbonyl (C=O) groups is 1. The molecule has 0 aliphatic rings. The van der Waals surface area contributed by atoms with Gasteiger partial charge in [-0.25, -0.2) is 13.5 Å². The molecule has 1 amide bonds. The summed E-state index contributed by atoms with van der Waals surface area (Å²) >= 11 is 0. The van der Waals surface area contributed by atoms with Gasteiger partial charge in [0.2, 0.25) is 0 Å². The van der Waals surface area contributed by atoms with Gasteiger partial charge >= 0.3 is 0 Å². The van der Waals surface area contributed by atoms with Crippen LogP contribution in [0, 0.1) is 11.6 Å². The van der Waals surface area contributed by atoms with E-state index >= 15 is 0 Å². The summed E-state index contributed by atoms with van der Waals surface area (Å²) in [6.45, 7) is 0.153. The van der Waals surface area contributed by atoms with Crippen LogP contribution in [-0.2, 0) is 6.54 Å². The normalized spacial score (nSPS) is 10.5. The van der Waals surface area contributed by atoms with E-state index in [9.17, 15) is 13.6 Å². The molecule has 0 spiro atoms. The summed E-state index contributed by atoms with van der Waals surface area (Å²) in [7, 11) is 0. The molecule has 2 aromatic carbocycles. The molecule has 7 heteroatoms. The summed E-state index contributed by atoms with van der Waals surface area (Å²) in [5, 5.41) is 10.4. The van der Waals surface area contributed by atoms with E-state index in [0.717, 1.165) is 17.8 Å². The van der Waals surface area contributed by atoms with Gasteiger partial charge in [-0.3, -0.25) is 4.79 Å². The maximum atomic E-state index is 13.2. The zero-order chi connectivity index (χ0) is 16.2. The Morgan fingerprint density at radius 2 is 1.87 bits per heavy atom. The Kier molecular flexibility index (Phi) is 4.09. The molecule has 0 unspecified atom stereocenters. The number of hydrogen-bond acceptors (Lipinski definition) is 3.